The summed E-state index contributed by atoms with van der Waals surface area (Å²) in [5.74, 6) is 0. The van der Waals surface area contributed by atoms with Gasteiger partial charge in [0.15, 0.2) is 0 Å². The van der Waals surface area contributed by atoms with E-state index < -0.39 is 0 Å². The topological polar surface area (TPSA) is 64.7 Å². The molecule has 0 aliphatic heterocycles. The van der Waals surface area contributed by atoms with E-state index >= 15 is 0 Å². The van der Waals surface area contributed by atoms with Crippen molar-refractivity contribution in [1.82, 2.24) is 14.6 Å². The number of nitrogens with zero attached hydrogens (tertiary/aromatic N) is 3. The number of aromatic nitrogens is 3. The maximum Gasteiger partial charge on any atom is 0.0772 e. The zero-order chi connectivity index (χ0) is 10.7. The van der Waals surface area contributed by atoms with Gasteiger partial charge in [-0.15, -0.1) is 5.10 Å². The third-order valence-corrected chi connectivity index (χ3v) is 3.16. The van der Waals surface area contributed by atoms with E-state index in [1.165, 1.54) is 11.5 Å². The van der Waals surface area contributed by atoms with E-state index in [1.54, 1.807) is 6.20 Å². The lowest BCUT2D eigenvalue weighted by Crippen LogP contribution is -2.13. The molecule has 2 aromatic heterocycles. The number of hydrogen-bond acceptors (Lipinski definition) is 5. The standard InChI is InChI=1S/C10H12N4S/c1-7-10(15-14-13-7)9(11)5-8-3-2-4-12-6-8/h2-4,6,9H,5,11H2,1H3. The molecule has 0 aromatic carbocycles. The van der Waals surface area contributed by atoms with Crippen molar-refractivity contribution in [2.75, 3.05) is 0 Å². The third-order valence-electron chi connectivity index (χ3n) is 2.20. The van der Waals surface area contributed by atoms with E-state index in [1.807, 2.05) is 25.3 Å². The minimum Gasteiger partial charge on any atom is -0.323 e. The summed E-state index contributed by atoms with van der Waals surface area (Å²) in [7, 11) is 0. The molecule has 0 spiro atoms. The fraction of sp³-hybridized carbons (Fsp3) is 0.300. The first-order valence-electron chi connectivity index (χ1n) is 4.70. The Balaban J connectivity index is 2.11. The molecule has 15 heavy (non-hydrogen) atoms. The van der Waals surface area contributed by atoms with E-state index in [0.29, 0.717) is 0 Å². The molecule has 4 nitrogen and oxygen atoms in total. The molecule has 0 saturated carbocycles. The molecular weight excluding hydrogens is 208 g/mol. The summed E-state index contributed by atoms with van der Waals surface area (Å²) < 4.78 is 3.88. The lowest BCUT2D eigenvalue weighted by molar-refractivity contribution is 0.726. The van der Waals surface area contributed by atoms with Crippen LogP contribution in [0.2, 0.25) is 0 Å². The smallest absolute Gasteiger partial charge is 0.0772 e. The molecule has 0 saturated heterocycles. The van der Waals surface area contributed by atoms with Crippen LogP contribution >= 0.6 is 11.5 Å². The fourth-order valence-electron chi connectivity index (χ4n) is 1.44. The molecule has 1 atom stereocenters. The minimum absolute atomic E-state index is 0.0331. The highest BCUT2D eigenvalue weighted by molar-refractivity contribution is 7.05. The van der Waals surface area contributed by atoms with Crippen LogP contribution in [0.1, 0.15) is 22.2 Å². The van der Waals surface area contributed by atoms with Gasteiger partial charge in [0.05, 0.1) is 10.6 Å². The Kier molecular flexibility index (Phi) is 3.03. The Labute approximate surface area is 92.3 Å². The van der Waals surface area contributed by atoms with Gasteiger partial charge in [0, 0.05) is 18.4 Å². The Morgan fingerprint density at radius 1 is 1.53 bits per heavy atom. The van der Waals surface area contributed by atoms with Crippen molar-refractivity contribution in [1.29, 1.82) is 0 Å². The van der Waals surface area contributed by atoms with Crippen molar-refractivity contribution in [3.8, 4) is 0 Å². The summed E-state index contributed by atoms with van der Waals surface area (Å²) >= 11 is 1.37. The quantitative estimate of drug-likeness (QED) is 0.851. The number of aryl methyl sites for hydroxylation is 1. The lowest BCUT2D eigenvalue weighted by atomic mass is 10.1. The van der Waals surface area contributed by atoms with E-state index in [-0.39, 0.29) is 6.04 Å². The van der Waals surface area contributed by atoms with E-state index in [2.05, 4.69) is 14.6 Å². The number of rotatable bonds is 3. The molecule has 0 amide bonds. The van der Waals surface area contributed by atoms with E-state index in [9.17, 15) is 0 Å². The molecular formula is C10H12N4S. The molecule has 5 heteroatoms. The van der Waals surface area contributed by atoms with Gasteiger partial charge < -0.3 is 5.73 Å². The van der Waals surface area contributed by atoms with E-state index in [4.69, 9.17) is 5.73 Å². The van der Waals surface area contributed by atoms with Crippen LogP contribution in [0, 0.1) is 6.92 Å². The van der Waals surface area contributed by atoms with Crippen LogP contribution in [-0.4, -0.2) is 14.6 Å². The highest BCUT2D eigenvalue weighted by atomic mass is 32.1. The molecule has 2 N–H and O–H groups in total. The van der Waals surface area contributed by atoms with Crippen LogP contribution in [0.5, 0.6) is 0 Å². The Bertz CT molecular complexity index is 426. The lowest BCUT2D eigenvalue weighted by Gasteiger charge is -2.08. The second kappa shape index (κ2) is 4.46. The predicted octanol–water partition coefficient (Wildman–Crippen LogP) is 1.48. The average Bonchev–Trinajstić information content (AvgIpc) is 2.66. The van der Waals surface area contributed by atoms with Gasteiger partial charge in [0.1, 0.15) is 0 Å². The zero-order valence-electron chi connectivity index (χ0n) is 8.42. The first-order chi connectivity index (χ1) is 7.27. The summed E-state index contributed by atoms with van der Waals surface area (Å²) in [5, 5.41) is 3.95. The first kappa shape index (κ1) is 10.2. The van der Waals surface area contributed by atoms with Crippen LogP contribution in [0.4, 0.5) is 0 Å². The summed E-state index contributed by atoms with van der Waals surface area (Å²) in [5.41, 5.74) is 8.14. The second-order valence-corrected chi connectivity index (χ2v) is 4.18. The molecule has 1 unspecified atom stereocenters. The molecule has 0 bridgehead atoms. The van der Waals surface area contributed by atoms with Gasteiger partial charge in [-0.25, -0.2) is 0 Å². The molecule has 78 valence electrons. The van der Waals surface area contributed by atoms with Gasteiger partial charge in [-0.2, -0.15) is 0 Å². The molecule has 2 rings (SSSR count). The highest BCUT2D eigenvalue weighted by Crippen LogP contribution is 2.20. The van der Waals surface area contributed by atoms with Crippen LogP contribution in [-0.2, 0) is 6.42 Å². The van der Waals surface area contributed by atoms with Crippen LogP contribution in [0.3, 0.4) is 0 Å². The maximum atomic E-state index is 6.07. The summed E-state index contributed by atoms with van der Waals surface area (Å²) in [6, 6.07) is 3.91. The van der Waals surface area contributed by atoms with Crippen molar-refractivity contribution >= 4 is 11.5 Å². The normalized spacial score (nSPS) is 12.7. The van der Waals surface area contributed by atoms with Crippen LogP contribution in [0.25, 0.3) is 0 Å². The van der Waals surface area contributed by atoms with Crippen molar-refractivity contribution in [3.05, 3.63) is 40.7 Å². The molecule has 0 aliphatic rings. The van der Waals surface area contributed by atoms with Crippen molar-refractivity contribution in [3.63, 3.8) is 0 Å². The third kappa shape index (κ3) is 2.37. The summed E-state index contributed by atoms with van der Waals surface area (Å²) in [6.45, 7) is 1.93. The van der Waals surface area contributed by atoms with Gasteiger partial charge >= 0.3 is 0 Å². The fourth-order valence-corrected chi connectivity index (χ4v) is 2.09. The van der Waals surface area contributed by atoms with Gasteiger partial charge in [-0.05, 0) is 36.5 Å². The Morgan fingerprint density at radius 3 is 3.00 bits per heavy atom. The van der Waals surface area contributed by atoms with Gasteiger partial charge in [0.2, 0.25) is 0 Å². The van der Waals surface area contributed by atoms with Crippen molar-refractivity contribution in [2.24, 2.45) is 5.73 Å². The molecule has 0 fully saturated rings. The zero-order valence-corrected chi connectivity index (χ0v) is 9.24. The number of nitrogens with two attached hydrogens (primary N) is 1. The van der Waals surface area contributed by atoms with Gasteiger partial charge in [0.25, 0.3) is 0 Å². The van der Waals surface area contributed by atoms with Gasteiger partial charge in [-0.1, -0.05) is 10.6 Å². The van der Waals surface area contributed by atoms with Gasteiger partial charge in [-0.3, -0.25) is 4.98 Å². The SMILES string of the molecule is Cc1nnsc1C(N)Cc1cccnc1. The van der Waals surface area contributed by atoms with Crippen LogP contribution < -0.4 is 5.73 Å². The molecule has 2 aromatic rings. The number of hydrogen-bond donors (Lipinski definition) is 1. The Hall–Kier alpha value is -1.33. The first-order valence-corrected chi connectivity index (χ1v) is 5.48. The second-order valence-electron chi connectivity index (χ2n) is 3.39. The van der Waals surface area contributed by atoms with E-state index in [0.717, 1.165) is 22.6 Å². The van der Waals surface area contributed by atoms with Crippen molar-refractivity contribution in [2.45, 2.75) is 19.4 Å². The average molecular weight is 220 g/mol. The molecule has 0 radical (unpaired) electrons. The number of pyridine rings is 1. The monoisotopic (exact) mass is 220 g/mol. The summed E-state index contributed by atoms with van der Waals surface area (Å²) in [4.78, 5) is 5.11. The van der Waals surface area contributed by atoms with Crippen LogP contribution in [0.15, 0.2) is 24.5 Å². The largest absolute Gasteiger partial charge is 0.323 e. The molecule has 0 aliphatic carbocycles. The Morgan fingerprint density at radius 2 is 2.40 bits per heavy atom. The highest BCUT2D eigenvalue weighted by Gasteiger charge is 2.13. The predicted molar refractivity (Wildman–Crippen MR) is 59.5 cm³/mol. The summed E-state index contributed by atoms with van der Waals surface area (Å²) in [6.07, 6.45) is 4.37. The minimum atomic E-state index is -0.0331. The molecule has 2 heterocycles. The maximum absolute atomic E-state index is 6.07. The van der Waals surface area contributed by atoms with Crippen molar-refractivity contribution < 1.29 is 0 Å².